The number of benzene rings is 4. The topological polar surface area (TPSA) is 17.0 Å². The van der Waals surface area contributed by atoms with Gasteiger partial charge in [-0.25, -0.2) is 4.39 Å². The lowest BCUT2D eigenvalue weighted by atomic mass is 10.0. The van der Waals surface area contributed by atoms with Gasteiger partial charge in [0.25, 0.3) is 0 Å². The molecule has 2 nitrogen and oxygen atoms in total. The monoisotopic (exact) mass is 490 g/mol. The van der Waals surface area contributed by atoms with E-state index in [0.29, 0.717) is 0 Å². The van der Waals surface area contributed by atoms with Crippen molar-refractivity contribution < 1.29 is 4.39 Å². The quantitative estimate of drug-likeness (QED) is 0.245. The lowest BCUT2D eigenvalue weighted by Crippen LogP contribution is -2.12. The minimum absolute atomic E-state index is 0. The van der Waals surface area contributed by atoms with Crippen LogP contribution in [-0.4, -0.2) is 4.57 Å². The highest BCUT2D eigenvalue weighted by Crippen LogP contribution is 2.29. The SMILES string of the molecule is Cl.Fc1ccc(-c2ccc3c(c2)c(CNCc2ccc(Cl)cc2)cn3Cc2ccccc2)cc1. The van der Waals surface area contributed by atoms with E-state index in [0.717, 1.165) is 35.8 Å². The standard InChI is InChI=1S/C29H24ClFN2.ClH/c30-26-11-6-21(7-12-26)17-32-18-25-20-33(19-22-4-2-1-3-5-22)29-15-10-24(16-28(25)29)23-8-13-27(31)14-9-23;/h1-16,20,32H,17-19H2;1H. The summed E-state index contributed by atoms with van der Waals surface area (Å²) in [5.41, 5.74) is 6.97. The highest BCUT2D eigenvalue weighted by Gasteiger charge is 2.11. The predicted molar refractivity (Wildman–Crippen MR) is 142 cm³/mol. The molecule has 0 atom stereocenters. The van der Waals surface area contributed by atoms with Crippen molar-refractivity contribution >= 4 is 34.9 Å². The molecule has 0 saturated heterocycles. The van der Waals surface area contributed by atoms with E-state index in [1.54, 1.807) is 0 Å². The minimum atomic E-state index is -0.221. The second-order valence-electron chi connectivity index (χ2n) is 8.24. The Balaban J connectivity index is 0.00000274. The van der Waals surface area contributed by atoms with E-state index in [4.69, 9.17) is 11.6 Å². The van der Waals surface area contributed by atoms with Gasteiger partial charge in [-0.3, -0.25) is 0 Å². The Morgan fingerprint density at radius 2 is 1.44 bits per heavy atom. The summed E-state index contributed by atoms with van der Waals surface area (Å²) in [4.78, 5) is 0. The highest BCUT2D eigenvalue weighted by molar-refractivity contribution is 6.30. The molecule has 1 heterocycles. The second kappa shape index (κ2) is 10.9. The molecule has 0 radical (unpaired) electrons. The van der Waals surface area contributed by atoms with Gasteiger partial charge in [-0.05, 0) is 64.2 Å². The van der Waals surface area contributed by atoms with Crippen molar-refractivity contribution in [1.82, 2.24) is 9.88 Å². The lowest BCUT2D eigenvalue weighted by molar-refractivity contribution is 0.628. The number of halogens is 3. The van der Waals surface area contributed by atoms with Crippen molar-refractivity contribution in [2.45, 2.75) is 19.6 Å². The van der Waals surface area contributed by atoms with Gasteiger partial charge in [0.15, 0.2) is 0 Å². The Morgan fingerprint density at radius 1 is 0.735 bits per heavy atom. The number of aromatic nitrogens is 1. The first kappa shape index (κ1) is 24.0. The first-order valence-corrected chi connectivity index (χ1v) is 11.4. The van der Waals surface area contributed by atoms with Crippen LogP contribution >= 0.6 is 24.0 Å². The van der Waals surface area contributed by atoms with Crippen molar-refractivity contribution in [2.75, 3.05) is 0 Å². The van der Waals surface area contributed by atoms with Gasteiger partial charge < -0.3 is 9.88 Å². The van der Waals surface area contributed by atoms with Crippen LogP contribution in [0.5, 0.6) is 0 Å². The van der Waals surface area contributed by atoms with Crippen molar-refractivity contribution in [2.24, 2.45) is 0 Å². The average molecular weight is 491 g/mol. The third-order valence-electron chi connectivity index (χ3n) is 5.89. The fraction of sp³-hybridized carbons (Fsp3) is 0.103. The molecule has 0 aliphatic heterocycles. The summed E-state index contributed by atoms with van der Waals surface area (Å²) in [5.74, 6) is -0.221. The largest absolute Gasteiger partial charge is 0.343 e. The highest BCUT2D eigenvalue weighted by atomic mass is 35.5. The number of fused-ring (bicyclic) bond motifs is 1. The van der Waals surface area contributed by atoms with E-state index < -0.39 is 0 Å². The normalized spacial score (nSPS) is 10.9. The van der Waals surface area contributed by atoms with Crippen molar-refractivity contribution in [3.8, 4) is 11.1 Å². The molecule has 1 N–H and O–H groups in total. The number of hydrogen-bond acceptors (Lipinski definition) is 1. The molecule has 34 heavy (non-hydrogen) atoms. The first-order chi connectivity index (χ1) is 16.2. The fourth-order valence-corrected chi connectivity index (χ4v) is 4.31. The lowest BCUT2D eigenvalue weighted by Gasteiger charge is -2.07. The molecule has 0 aliphatic rings. The summed E-state index contributed by atoms with van der Waals surface area (Å²) < 4.78 is 15.7. The van der Waals surface area contributed by atoms with E-state index in [-0.39, 0.29) is 18.2 Å². The van der Waals surface area contributed by atoms with Crippen LogP contribution < -0.4 is 5.32 Å². The van der Waals surface area contributed by atoms with E-state index in [1.165, 1.54) is 39.7 Å². The molecule has 4 aromatic carbocycles. The first-order valence-electron chi connectivity index (χ1n) is 11.0. The van der Waals surface area contributed by atoms with Gasteiger partial charge in [0.05, 0.1) is 0 Å². The van der Waals surface area contributed by atoms with Crippen molar-refractivity contribution in [1.29, 1.82) is 0 Å². The third-order valence-corrected chi connectivity index (χ3v) is 6.15. The van der Waals surface area contributed by atoms with Crippen LogP contribution in [0.3, 0.4) is 0 Å². The van der Waals surface area contributed by atoms with E-state index >= 15 is 0 Å². The van der Waals surface area contributed by atoms with Crippen molar-refractivity contribution in [3.63, 3.8) is 0 Å². The maximum Gasteiger partial charge on any atom is 0.123 e. The van der Waals surface area contributed by atoms with E-state index in [9.17, 15) is 4.39 Å². The van der Waals surface area contributed by atoms with Crippen LogP contribution in [0.1, 0.15) is 16.7 Å². The molecule has 0 saturated carbocycles. The molecule has 0 unspecified atom stereocenters. The zero-order valence-electron chi connectivity index (χ0n) is 18.5. The van der Waals surface area contributed by atoms with Crippen LogP contribution in [0, 0.1) is 5.82 Å². The number of nitrogens with zero attached hydrogens (tertiary/aromatic N) is 1. The molecule has 0 bridgehead atoms. The molecule has 5 aromatic rings. The van der Waals surface area contributed by atoms with E-state index in [2.05, 4.69) is 58.5 Å². The van der Waals surface area contributed by atoms with Crippen LogP contribution in [-0.2, 0) is 19.6 Å². The Morgan fingerprint density at radius 3 is 2.18 bits per heavy atom. The number of rotatable bonds is 7. The Labute approximate surface area is 210 Å². The molecule has 0 fully saturated rings. The fourth-order valence-electron chi connectivity index (χ4n) is 4.19. The Hall–Kier alpha value is -3.11. The second-order valence-corrected chi connectivity index (χ2v) is 8.67. The van der Waals surface area contributed by atoms with Gasteiger partial charge in [-0.2, -0.15) is 0 Å². The van der Waals surface area contributed by atoms with Gasteiger partial charge in [0, 0.05) is 41.8 Å². The minimum Gasteiger partial charge on any atom is -0.343 e. The molecule has 0 aliphatic carbocycles. The average Bonchev–Trinajstić information content (AvgIpc) is 3.18. The molecule has 5 rings (SSSR count). The van der Waals surface area contributed by atoms with Crippen molar-refractivity contribution in [3.05, 3.63) is 131 Å². The molecule has 172 valence electrons. The summed E-state index contributed by atoms with van der Waals surface area (Å²) in [5, 5.41) is 5.52. The molecule has 1 aromatic heterocycles. The summed E-state index contributed by atoms with van der Waals surface area (Å²) in [7, 11) is 0. The molecular formula is C29H25Cl2FN2. The van der Waals surface area contributed by atoms with Gasteiger partial charge in [-0.1, -0.05) is 72.3 Å². The van der Waals surface area contributed by atoms with Crippen LogP contribution in [0.4, 0.5) is 4.39 Å². The number of nitrogens with one attached hydrogen (secondary N) is 1. The summed E-state index contributed by atoms with van der Waals surface area (Å²) >= 11 is 6.01. The third kappa shape index (κ3) is 5.51. The maximum absolute atomic E-state index is 13.4. The van der Waals surface area contributed by atoms with Crippen LogP contribution in [0.2, 0.25) is 5.02 Å². The Bertz CT molecular complexity index is 1360. The van der Waals surface area contributed by atoms with Gasteiger partial charge in [0.1, 0.15) is 5.82 Å². The summed E-state index contributed by atoms with van der Waals surface area (Å²) in [6.07, 6.45) is 2.24. The zero-order chi connectivity index (χ0) is 22.6. The molecular weight excluding hydrogens is 466 g/mol. The number of hydrogen-bond donors (Lipinski definition) is 1. The Kier molecular flexibility index (Phi) is 7.69. The molecule has 0 amide bonds. The van der Waals surface area contributed by atoms with Gasteiger partial charge in [0.2, 0.25) is 0 Å². The summed E-state index contributed by atoms with van der Waals surface area (Å²) in [6.45, 7) is 2.32. The maximum atomic E-state index is 13.4. The van der Waals surface area contributed by atoms with Crippen LogP contribution in [0.15, 0.2) is 103 Å². The smallest absolute Gasteiger partial charge is 0.123 e. The van der Waals surface area contributed by atoms with Gasteiger partial charge >= 0.3 is 0 Å². The molecule has 0 spiro atoms. The predicted octanol–water partition coefficient (Wildman–Crippen LogP) is 7.86. The summed E-state index contributed by atoms with van der Waals surface area (Å²) in [6, 6.07) is 31.6. The van der Waals surface area contributed by atoms with Gasteiger partial charge in [-0.15, -0.1) is 12.4 Å². The van der Waals surface area contributed by atoms with E-state index in [1.807, 2.05) is 42.5 Å². The molecule has 5 heteroatoms. The zero-order valence-corrected chi connectivity index (χ0v) is 20.1. The van der Waals surface area contributed by atoms with Crippen LogP contribution in [0.25, 0.3) is 22.0 Å².